The summed E-state index contributed by atoms with van der Waals surface area (Å²) < 4.78 is 0. The number of unbranched alkanes of at least 4 members (excludes halogenated alkanes) is 15. The fraction of sp³-hybridized carbons (Fsp3) is 0.711. The van der Waals surface area contributed by atoms with Gasteiger partial charge in [0, 0.05) is 6.42 Å². The minimum atomic E-state index is -0.866. The molecule has 42 heavy (non-hydrogen) atoms. The van der Waals surface area contributed by atoms with E-state index >= 15 is 0 Å². The number of amides is 1. The number of hydrogen-bond donors (Lipinski definition) is 3. The van der Waals surface area contributed by atoms with Gasteiger partial charge in [-0.05, 0) is 70.6 Å². The summed E-state index contributed by atoms with van der Waals surface area (Å²) in [7, 11) is 0. The molecule has 1 amide bonds. The SMILES string of the molecule is CCCCC/C=C/CC/C=C/C(O)C(CO)NC(=O)CCCCCCCC/C=C\C/C=C\C/C=C\CCCCCCC. The highest BCUT2D eigenvalue weighted by molar-refractivity contribution is 5.76. The first kappa shape index (κ1) is 40.1. The Labute approximate surface area is 260 Å². The minimum absolute atomic E-state index is 0.0930. The summed E-state index contributed by atoms with van der Waals surface area (Å²) in [6.45, 7) is 4.20. The predicted molar refractivity (Wildman–Crippen MR) is 184 cm³/mol. The molecule has 0 aliphatic rings. The van der Waals surface area contributed by atoms with Crippen molar-refractivity contribution >= 4 is 5.91 Å². The molecular formula is C38H67NO3. The molecular weight excluding hydrogens is 518 g/mol. The van der Waals surface area contributed by atoms with Gasteiger partial charge in [0.05, 0.1) is 18.8 Å². The lowest BCUT2D eigenvalue weighted by Gasteiger charge is -2.19. The molecule has 4 nitrogen and oxygen atoms in total. The normalized spacial score (nSPS) is 13.9. The zero-order valence-corrected chi connectivity index (χ0v) is 27.5. The highest BCUT2D eigenvalue weighted by Gasteiger charge is 2.17. The molecule has 0 saturated heterocycles. The molecule has 3 N–H and O–H groups in total. The number of allylic oxidation sites excluding steroid dienone is 9. The topological polar surface area (TPSA) is 69.6 Å². The smallest absolute Gasteiger partial charge is 0.220 e. The Kier molecular flexibility index (Phi) is 32.1. The number of rotatable bonds is 30. The molecule has 0 aromatic carbocycles. The number of carbonyl (C=O) groups excluding carboxylic acids is 1. The van der Waals surface area contributed by atoms with Crippen LogP contribution in [0.4, 0.5) is 0 Å². The van der Waals surface area contributed by atoms with Crippen molar-refractivity contribution in [3.05, 3.63) is 60.8 Å². The van der Waals surface area contributed by atoms with Gasteiger partial charge in [0.15, 0.2) is 0 Å². The van der Waals surface area contributed by atoms with Crippen LogP contribution in [0.5, 0.6) is 0 Å². The molecule has 0 fully saturated rings. The van der Waals surface area contributed by atoms with Crippen LogP contribution in [-0.4, -0.2) is 34.9 Å². The summed E-state index contributed by atoms with van der Waals surface area (Å²) in [5, 5.41) is 22.7. The fourth-order valence-electron chi connectivity index (χ4n) is 4.73. The first-order valence-electron chi connectivity index (χ1n) is 17.5. The second kappa shape index (κ2) is 33.6. The largest absolute Gasteiger partial charge is 0.394 e. The number of aliphatic hydroxyl groups excluding tert-OH is 2. The second-order valence-corrected chi connectivity index (χ2v) is 11.6. The zero-order chi connectivity index (χ0) is 30.8. The van der Waals surface area contributed by atoms with Gasteiger partial charge < -0.3 is 15.5 Å². The maximum absolute atomic E-state index is 12.3. The van der Waals surface area contributed by atoms with E-state index in [1.807, 2.05) is 6.08 Å². The monoisotopic (exact) mass is 586 g/mol. The molecule has 242 valence electrons. The van der Waals surface area contributed by atoms with Crippen LogP contribution in [0.3, 0.4) is 0 Å². The van der Waals surface area contributed by atoms with Gasteiger partial charge in [0.1, 0.15) is 0 Å². The van der Waals surface area contributed by atoms with E-state index in [9.17, 15) is 15.0 Å². The van der Waals surface area contributed by atoms with E-state index in [-0.39, 0.29) is 12.5 Å². The average Bonchev–Trinajstić information content (AvgIpc) is 2.99. The molecule has 0 heterocycles. The third kappa shape index (κ3) is 29.6. The van der Waals surface area contributed by atoms with E-state index in [1.54, 1.807) is 6.08 Å². The Morgan fingerprint density at radius 2 is 1.00 bits per heavy atom. The average molecular weight is 586 g/mol. The maximum Gasteiger partial charge on any atom is 0.220 e. The molecule has 0 bridgehead atoms. The van der Waals surface area contributed by atoms with Gasteiger partial charge in [-0.2, -0.15) is 0 Å². The quantitative estimate of drug-likeness (QED) is 0.0580. The number of aliphatic hydroxyl groups is 2. The Balaban J connectivity index is 3.69. The highest BCUT2D eigenvalue weighted by atomic mass is 16.3. The molecule has 0 radical (unpaired) electrons. The Bertz CT molecular complexity index is 722. The molecule has 2 atom stereocenters. The van der Waals surface area contributed by atoms with Crippen molar-refractivity contribution in [2.45, 2.75) is 167 Å². The molecule has 2 unspecified atom stereocenters. The van der Waals surface area contributed by atoms with Crippen molar-refractivity contribution < 1.29 is 15.0 Å². The lowest BCUT2D eigenvalue weighted by Crippen LogP contribution is -2.45. The van der Waals surface area contributed by atoms with Gasteiger partial charge >= 0.3 is 0 Å². The van der Waals surface area contributed by atoms with Crippen LogP contribution in [0.25, 0.3) is 0 Å². The lowest BCUT2D eigenvalue weighted by molar-refractivity contribution is -0.123. The molecule has 0 aliphatic heterocycles. The summed E-state index contributed by atoms with van der Waals surface area (Å²) >= 11 is 0. The minimum Gasteiger partial charge on any atom is -0.394 e. The first-order valence-corrected chi connectivity index (χ1v) is 17.5. The molecule has 4 heteroatoms. The van der Waals surface area contributed by atoms with Crippen molar-refractivity contribution in [3.8, 4) is 0 Å². The number of nitrogens with one attached hydrogen (secondary N) is 1. The molecule has 0 saturated carbocycles. The van der Waals surface area contributed by atoms with E-state index in [2.05, 4.69) is 67.8 Å². The van der Waals surface area contributed by atoms with Gasteiger partial charge in [-0.15, -0.1) is 0 Å². The summed E-state index contributed by atoms with van der Waals surface area (Å²) in [6.07, 6.45) is 45.9. The van der Waals surface area contributed by atoms with Gasteiger partial charge in [0.2, 0.25) is 5.91 Å². The van der Waals surface area contributed by atoms with Crippen molar-refractivity contribution in [1.29, 1.82) is 0 Å². The number of hydrogen-bond acceptors (Lipinski definition) is 3. The summed E-state index contributed by atoms with van der Waals surface area (Å²) in [5.74, 6) is -0.0930. The highest BCUT2D eigenvalue weighted by Crippen LogP contribution is 2.10. The van der Waals surface area contributed by atoms with Crippen LogP contribution in [0.1, 0.15) is 155 Å². The zero-order valence-electron chi connectivity index (χ0n) is 27.5. The van der Waals surface area contributed by atoms with E-state index in [0.29, 0.717) is 6.42 Å². The molecule has 0 rings (SSSR count). The third-order valence-electron chi connectivity index (χ3n) is 7.47. The second-order valence-electron chi connectivity index (χ2n) is 11.6. The van der Waals surface area contributed by atoms with Crippen LogP contribution in [-0.2, 0) is 4.79 Å². The first-order chi connectivity index (χ1) is 20.7. The summed E-state index contributed by atoms with van der Waals surface area (Å²) in [6, 6.07) is -0.645. The lowest BCUT2D eigenvalue weighted by atomic mass is 10.1. The van der Waals surface area contributed by atoms with Crippen LogP contribution in [0.2, 0.25) is 0 Å². The van der Waals surface area contributed by atoms with Crippen LogP contribution >= 0.6 is 0 Å². The standard InChI is InChI=1S/C38H67NO3/c1-3-5-7-9-11-13-14-15-16-17-18-19-20-21-22-23-24-26-28-30-32-34-38(42)39-36(35-40)37(41)33-31-29-27-25-12-10-8-6-4-2/h12,14-15,17-18,20-21,25,31,33,36-37,40-41H,3-11,13,16,19,22-24,26-30,32,34-35H2,1-2H3,(H,39,42)/b15-14-,18-17-,21-20-,25-12+,33-31+. The molecule has 0 aliphatic carbocycles. The van der Waals surface area contributed by atoms with E-state index < -0.39 is 12.1 Å². The van der Waals surface area contributed by atoms with Crippen LogP contribution < -0.4 is 5.32 Å². The Hall–Kier alpha value is -1.91. The van der Waals surface area contributed by atoms with E-state index in [0.717, 1.165) is 57.8 Å². The Morgan fingerprint density at radius 1 is 0.571 bits per heavy atom. The van der Waals surface area contributed by atoms with Gasteiger partial charge in [-0.1, -0.05) is 139 Å². The predicted octanol–water partition coefficient (Wildman–Crippen LogP) is 10.2. The van der Waals surface area contributed by atoms with Crippen LogP contribution in [0, 0.1) is 0 Å². The van der Waals surface area contributed by atoms with Crippen molar-refractivity contribution in [2.75, 3.05) is 6.61 Å². The van der Waals surface area contributed by atoms with Crippen molar-refractivity contribution in [2.24, 2.45) is 0 Å². The van der Waals surface area contributed by atoms with E-state index in [4.69, 9.17) is 0 Å². The molecule has 0 aromatic heterocycles. The summed E-state index contributed by atoms with van der Waals surface area (Å²) in [4.78, 5) is 12.3. The fourth-order valence-corrected chi connectivity index (χ4v) is 4.73. The van der Waals surface area contributed by atoms with Crippen molar-refractivity contribution in [1.82, 2.24) is 5.32 Å². The molecule has 0 spiro atoms. The Morgan fingerprint density at radius 3 is 1.60 bits per heavy atom. The van der Waals surface area contributed by atoms with Gasteiger partial charge in [-0.3, -0.25) is 4.79 Å². The van der Waals surface area contributed by atoms with Crippen LogP contribution in [0.15, 0.2) is 60.8 Å². The third-order valence-corrected chi connectivity index (χ3v) is 7.47. The van der Waals surface area contributed by atoms with E-state index in [1.165, 1.54) is 77.0 Å². The molecule has 0 aromatic rings. The maximum atomic E-state index is 12.3. The van der Waals surface area contributed by atoms with Gasteiger partial charge in [-0.25, -0.2) is 0 Å². The van der Waals surface area contributed by atoms with Gasteiger partial charge in [0.25, 0.3) is 0 Å². The summed E-state index contributed by atoms with van der Waals surface area (Å²) in [5.41, 5.74) is 0. The van der Waals surface area contributed by atoms with Crippen molar-refractivity contribution in [3.63, 3.8) is 0 Å². The number of carbonyl (C=O) groups is 1.